The monoisotopic (exact) mass is 340 g/mol. The first kappa shape index (κ1) is 17.4. The van der Waals surface area contributed by atoms with Crippen LogP contribution in [-0.2, 0) is 6.54 Å². The minimum atomic E-state index is 0.0442. The van der Waals surface area contributed by atoms with Gasteiger partial charge in [-0.2, -0.15) is 0 Å². The van der Waals surface area contributed by atoms with Gasteiger partial charge in [-0.15, -0.1) is 0 Å². The van der Waals surface area contributed by atoms with E-state index < -0.39 is 0 Å². The lowest BCUT2D eigenvalue weighted by molar-refractivity contribution is 0.162. The number of para-hydroxylation sites is 1. The van der Waals surface area contributed by atoms with Crippen LogP contribution in [0.25, 0.3) is 0 Å². The number of benzene rings is 1. The van der Waals surface area contributed by atoms with E-state index in [1.807, 2.05) is 11.0 Å². The molecule has 1 aliphatic rings. The summed E-state index contributed by atoms with van der Waals surface area (Å²) in [6, 6.07) is 14.7. The average molecular weight is 340 g/mol. The summed E-state index contributed by atoms with van der Waals surface area (Å²) in [7, 11) is 0. The Morgan fingerprint density at radius 1 is 1.20 bits per heavy atom. The zero-order chi connectivity index (χ0) is 17.6. The highest BCUT2D eigenvalue weighted by Crippen LogP contribution is 2.25. The SMILES string of the molecule is CCN(CCCNC(=O)N1CCn2cccc2C1C)c1ccccc1. The third-order valence-corrected chi connectivity index (χ3v) is 4.99. The largest absolute Gasteiger partial charge is 0.372 e. The minimum Gasteiger partial charge on any atom is -0.372 e. The Kier molecular flexibility index (Phi) is 5.64. The predicted molar refractivity (Wildman–Crippen MR) is 102 cm³/mol. The second kappa shape index (κ2) is 8.10. The lowest BCUT2D eigenvalue weighted by Crippen LogP contribution is -2.46. The third kappa shape index (κ3) is 3.98. The number of aromatic nitrogens is 1. The molecule has 1 aliphatic heterocycles. The molecule has 1 unspecified atom stereocenters. The van der Waals surface area contributed by atoms with Gasteiger partial charge >= 0.3 is 6.03 Å². The number of anilines is 1. The zero-order valence-electron chi connectivity index (χ0n) is 15.2. The van der Waals surface area contributed by atoms with E-state index in [-0.39, 0.29) is 12.1 Å². The molecule has 2 aromatic rings. The molecular formula is C20H28N4O. The molecule has 5 heteroatoms. The van der Waals surface area contributed by atoms with Gasteiger partial charge in [0.2, 0.25) is 0 Å². The minimum absolute atomic E-state index is 0.0442. The maximum Gasteiger partial charge on any atom is 0.318 e. The van der Waals surface area contributed by atoms with Crippen molar-refractivity contribution in [3.8, 4) is 0 Å². The molecule has 0 saturated heterocycles. The fraction of sp³-hybridized carbons (Fsp3) is 0.450. The van der Waals surface area contributed by atoms with Crippen LogP contribution in [0, 0.1) is 0 Å². The Hall–Kier alpha value is -2.43. The molecule has 2 amide bonds. The number of fused-ring (bicyclic) bond motifs is 1. The van der Waals surface area contributed by atoms with Gasteiger partial charge in [-0.05, 0) is 44.5 Å². The average Bonchev–Trinajstić information content (AvgIpc) is 3.12. The van der Waals surface area contributed by atoms with E-state index in [0.717, 1.165) is 32.6 Å². The standard InChI is InChI=1S/C20H28N4O/c1-3-22(18-9-5-4-6-10-18)14-8-12-21-20(25)24-16-15-23-13-7-11-19(23)17(24)2/h4-7,9-11,13,17H,3,8,12,14-16H2,1-2H3,(H,21,25). The van der Waals surface area contributed by atoms with Crippen molar-refractivity contribution in [1.82, 2.24) is 14.8 Å². The molecular weight excluding hydrogens is 312 g/mol. The molecule has 2 heterocycles. The van der Waals surface area contributed by atoms with Crippen molar-refractivity contribution in [3.05, 3.63) is 54.4 Å². The van der Waals surface area contributed by atoms with E-state index >= 15 is 0 Å². The molecule has 25 heavy (non-hydrogen) atoms. The van der Waals surface area contributed by atoms with Crippen molar-refractivity contribution in [2.45, 2.75) is 32.9 Å². The van der Waals surface area contributed by atoms with Crippen molar-refractivity contribution in [3.63, 3.8) is 0 Å². The number of rotatable bonds is 6. The fourth-order valence-electron chi connectivity index (χ4n) is 3.53. The van der Waals surface area contributed by atoms with E-state index in [2.05, 4.69) is 71.2 Å². The molecule has 1 atom stereocenters. The number of carbonyl (C=O) groups is 1. The molecule has 134 valence electrons. The van der Waals surface area contributed by atoms with Crippen LogP contribution in [0.2, 0.25) is 0 Å². The predicted octanol–water partition coefficient (Wildman–Crippen LogP) is 3.49. The van der Waals surface area contributed by atoms with Gasteiger partial charge in [-0.3, -0.25) is 0 Å². The van der Waals surface area contributed by atoms with E-state index in [0.29, 0.717) is 6.54 Å². The van der Waals surface area contributed by atoms with Crippen molar-refractivity contribution in [2.24, 2.45) is 0 Å². The van der Waals surface area contributed by atoms with Crippen LogP contribution in [0.4, 0.5) is 10.5 Å². The van der Waals surface area contributed by atoms with E-state index in [9.17, 15) is 4.79 Å². The quantitative estimate of drug-likeness (QED) is 0.818. The fourth-order valence-corrected chi connectivity index (χ4v) is 3.53. The highest BCUT2D eigenvalue weighted by atomic mass is 16.2. The zero-order valence-corrected chi connectivity index (χ0v) is 15.2. The van der Waals surface area contributed by atoms with Crippen LogP contribution in [0.15, 0.2) is 48.7 Å². The first-order chi connectivity index (χ1) is 12.2. The number of nitrogens with zero attached hydrogens (tertiary/aromatic N) is 3. The topological polar surface area (TPSA) is 40.5 Å². The summed E-state index contributed by atoms with van der Waals surface area (Å²) in [5.74, 6) is 0. The Bertz CT molecular complexity index is 682. The molecule has 5 nitrogen and oxygen atoms in total. The lowest BCUT2D eigenvalue weighted by atomic mass is 10.1. The summed E-state index contributed by atoms with van der Waals surface area (Å²) < 4.78 is 2.23. The second-order valence-electron chi connectivity index (χ2n) is 6.50. The molecule has 0 spiro atoms. The van der Waals surface area contributed by atoms with E-state index in [1.54, 1.807) is 0 Å². The Balaban J connectivity index is 1.45. The van der Waals surface area contributed by atoms with Crippen molar-refractivity contribution >= 4 is 11.7 Å². The van der Waals surface area contributed by atoms with Gasteiger partial charge in [0.25, 0.3) is 0 Å². The molecule has 0 bridgehead atoms. The summed E-state index contributed by atoms with van der Waals surface area (Å²) >= 11 is 0. The lowest BCUT2D eigenvalue weighted by Gasteiger charge is -2.35. The van der Waals surface area contributed by atoms with Gasteiger partial charge in [0.1, 0.15) is 0 Å². The second-order valence-corrected chi connectivity index (χ2v) is 6.50. The molecule has 0 radical (unpaired) electrons. The summed E-state index contributed by atoms with van der Waals surface area (Å²) in [6.07, 6.45) is 3.02. The molecule has 1 aromatic heterocycles. The van der Waals surface area contributed by atoms with Crippen molar-refractivity contribution in [2.75, 3.05) is 31.1 Å². The van der Waals surface area contributed by atoms with Gasteiger partial charge in [0, 0.05) is 50.3 Å². The van der Waals surface area contributed by atoms with Crippen LogP contribution >= 0.6 is 0 Å². The number of urea groups is 1. The summed E-state index contributed by atoms with van der Waals surface area (Å²) in [4.78, 5) is 16.8. The smallest absolute Gasteiger partial charge is 0.318 e. The van der Waals surface area contributed by atoms with Gasteiger partial charge in [-0.1, -0.05) is 18.2 Å². The van der Waals surface area contributed by atoms with Gasteiger partial charge in [0.05, 0.1) is 6.04 Å². The third-order valence-electron chi connectivity index (χ3n) is 4.99. The molecule has 3 rings (SSSR count). The number of amides is 2. The summed E-state index contributed by atoms with van der Waals surface area (Å²) in [5, 5.41) is 3.09. The summed E-state index contributed by atoms with van der Waals surface area (Å²) in [5.41, 5.74) is 2.45. The Morgan fingerprint density at radius 2 is 2.00 bits per heavy atom. The van der Waals surface area contributed by atoms with Crippen molar-refractivity contribution in [1.29, 1.82) is 0 Å². The number of hydrogen-bond donors (Lipinski definition) is 1. The first-order valence-corrected chi connectivity index (χ1v) is 9.20. The maximum atomic E-state index is 12.5. The molecule has 0 aliphatic carbocycles. The Morgan fingerprint density at radius 3 is 2.76 bits per heavy atom. The van der Waals surface area contributed by atoms with E-state index in [4.69, 9.17) is 0 Å². The normalized spacial score (nSPS) is 16.4. The van der Waals surface area contributed by atoms with Crippen LogP contribution in [0.5, 0.6) is 0 Å². The highest BCUT2D eigenvalue weighted by molar-refractivity contribution is 5.74. The Labute approximate surface area is 150 Å². The number of carbonyl (C=O) groups excluding carboxylic acids is 1. The first-order valence-electron chi connectivity index (χ1n) is 9.20. The molecule has 1 N–H and O–H groups in total. The molecule has 0 fully saturated rings. The van der Waals surface area contributed by atoms with E-state index in [1.165, 1.54) is 11.4 Å². The number of hydrogen-bond acceptors (Lipinski definition) is 2. The molecule has 0 saturated carbocycles. The van der Waals surface area contributed by atoms with Crippen LogP contribution < -0.4 is 10.2 Å². The van der Waals surface area contributed by atoms with Gasteiger partial charge < -0.3 is 19.7 Å². The molecule has 1 aromatic carbocycles. The van der Waals surface area contributed by atoms with Gasteiger partial charge in [0.15, 0.2) is 0 Å². The van der Waals surface area contributed by atoms with Crippen LogP contribution in [0.1, 0.15) is 32.0 Å². The summed E-state index contributed by atoms with van der Waals surface area (Å²) in [6.45, 7) is 8.51. The van der Waals surface area contributed by atoms with Crippen LogP contribution in [-0.4, -0.2) is 41.7 Å². The maximum absolute atomic E-state index is 12.5. The van der Waals surface area contributed by atoms with Gasteiger partial charge in [-0.25, -0.2) is 4.79 Å². The highest BCUT2D eigenvalue weighted by Gasteiger charge is 2.26. The van der Waals surface area contributed by atoms with Crippen molar-refractivity contribution < 1.29 is 4.79 Å². The number of nitrogens with one attached hydrogen (secondary N) is 1. The van der Waals surface area contributed by atoms with Crippen LogP contribution in [0.3, 0.4) is 0 Å².